The molecule has 34 heavy (non-hydrogen) atoms. The summed E-state index contributed by atoms with van der Waals surface area (Å²) in [7, 11) is 1.48. The van der Waals surface area contributed by atoms with Crippen LogP contribution in [0.1, 0.15) is 36.5 Å². The van der Waals surface area contributed by atoms with Gasteiger partial charge in [-0.15, -0.1) is 0 Å². The zero-order chi connectivity index (χ0) is 25.0. The summed E-state index contributed by atoms with van der Waals surface area (Å²) in [6.45, 7) is 3.15. The Morgan fingerprint density at radius 3 is 2.24 bits per heavy atom. The highest BCUT2D eigenvalue weighted by molar-refractivity contribution is 6.13. The Morgan fingerprint density at radius 1 is 1.09 bits per heavy atom. The van der Waals surface area contributed by atoms with E-state index < -0.39 is 46.2 Å². The van der Waals surface area contributed by atoms with Crippen molar-refractivity contribution in [2.45, 2.75) is 19.8 Å². The lowest BCUT2D eigenvalue weighted by Crippen LogP contribution is -2.48. The molecule has 0 saturated carbocycles. The molecular weight excluding hydrogens is 442 g/mol. The summed E-state index contributed by atoms with van der Waals surface area (Å²) in [4.78, 5) is 26.2. The van der Waals surface area contributed by atoms with Crippen LogP contribution in [0.2, 0.25) is 0 Å². The third kappa shape index (κ3) is 3.97. The van der Waals surface area contributed by atoms with Gasteiger partial charge in [0.1, 0.15) is 35.1 Å². The predicted octanol–water partition coefficient (Wildman–Crippen LogP) is 0.868. The molecule has 10 heteroatoms. The maximum atomic E-state index is 13.2. The van der Waals surface area contributed by atoms with E-state index in [1.165, 1.54) is 7.11 Å². The van der Waals surface area contributed by atoms with E-state index in [9.17, 15) is 25.2 Å². The lowest BCUT2D eigenvalue weighted by molar-refractivity contribution is -0.146. The largest absolute Gasteiger partial charge is 0.511 e. The van der Waals surface area contributed by atoms with Crippen molar-refractivity contribution in [1.29, 1.82) is 15.9 Å². The second-order valence-corrected chi connectivity index (χ2v) is 7.11. The van der Waals surface area contributed by atoms with E-state index in [1.807, 2.05) is 0 Å². The van der Waals surface area contributed by atoms with Crippen molar-refractivity contribution >= 4 is 23.3 Å². The van der Waals surface area contributed by atoms with Gasteiger partial charge in [-0.3, -0.25) is 10.2 Å². The van der Waals surface area contributed by atoms with Gasteiger partial charge in [-0.1, -0.05) is 12.1 Å². The number of aliphatic hydroxyl groups excluding tert-OH is 1. The number of carbonyl (C=O) groups excluding carboxylic acids is 2. The number of nitrogens with one attached hydrogen (secondary N) is 1. The molecule has 2 N–H and O–H groups in total. The van der Waals surface area contributed by atoms with Gasteiger partial charge < -0.3 is 23.7 Å². The number of hydrogen-bond donors (Lipinski definition) is 2. The minimum absolute atomic E-state index is 0.00979. The highest BCUT2D eigenvalue weighted by atomic mass is 16.5. The molecule has 1 aliphatic rings. The van der Waals surface area contributed by atoms with Crippen LogP contribution in [0, 0.1) is 34.0 Å². The minimum atomic E-state index is -1.45. The Labute approximate surface area is 194 Å². The number of carbonyl (C=O) groups is 2. The maximum absolute atomic E-state index is 13.2. The van der Waals surface area contributed by atoms with Gasteiger partial charge in [-0.2, -0.15) is 10.5 Å². The fraction of sp³-hybridized carbons (Fsp3) is 0.292. The zero-order valence-corrected chi connectivity index (χ0v) is 18.7. The van der Waals surface area contributed by atoms with E-state index in [0.29, 0.717) is 11.3 Å². The summed E-state index contributed by atoms with van der Waals surface area (Å²) < 4.78 is 21.1. The third-order valence-electron chi connectivity index (χ3n) is 5.33. The normalized spacial score (nSPS) is 16.6. The number of esters is 2. The van der Waals surface area contributed by atoms with Crippen LogP contribution in [0.25, 0.3) is 11.3 Å². The van der Waals surface area contributed by atoms with Crippen LogP contribution in [0.15, 0.2) is 28.7 Å². The number of nitriles is 2. The predicted molar refractivity (Wildman–Crippen MR) is 115 cm³/mol. The molecule has 3 rings (SSSR count). The Hall–Kier alpha value is -4.57. The maximum Gasteiger partial charge on any atom is 0.338 e. The van der Waals surface area contributed by atoms with Crippen LogP contribution >= 0.6 is 0 Å². The van der Waals surface area contributed by atoms with Gasteiger partial charge in [0.2, 0.25) is 5.55 Å². The van der Waals surface area contributed by atoms with Gasteiger partial charge in [0.05, 0.1) is 36.7 Å². The summed E-state index contributed by atoms with van der Waals surface area (Å²) >= 11 is 0. The van der Waals surface area contributed by atoms with E-state index in [0.717, 1.165) is 0 Å². The van der Waals surface area contributed by atoms with Gasteiger partial charge in [-0.05, 0) is 31.5 Å². The first-order valence-electron chi connectivity index (χ1n) is 10.3. The van der Waals surface area contributed by atoms with Crippen LogP contribution in [0.5, 0.6) is 5.75 Å². The molecule has 0 saturated heterocycles. The fourth-order valence-corrected chi connectivity index (χ4v) is 3.91. The average Bonchev–Trinajstić information content (AvgIpc) is 2.83. The van der Waals surface area contributed by atoms with E-state index in [-0.39, 0.29) is 29.4 Å². The van der Waals surface area contributed by atoms with Crippen molar-refractivity contribution in [2.75, 3.05) is 20.3 Å². The number of ether oxygens (including phenoxy) is 3. The summed E-state index contributed by atoms with van der Waals surface area (Å²) in [6.07, 6.45) is 0. The molecule has 174 valence electrons. The lowest BCUT2D eigenvalue weighted by atomic mass is 9.75. The van der Waals surface area contributed by atoms with Crippen molar-refractivity contribution in [3.63, 3.8) is 0 Å². The number of nitrogens with zero attached hydrogens (tertiary/aromatic N) is 2. The first kappa shape index (κ1) is 24.1. The molecule has 0 radical (unpaired) electrons. The first-order valence-corrected chi connectivity index (χ1v) is 10.3. The second-order valence-electron chi connectivity index (χ2n) is 7.11. The molecule has 0 amide bonds. The van der Waals surface area contributed by atoms with Crippen LogP contribution < -0.4 is 20.9 Å². The van der Waals surface area contributed by atoms with Crippen LogP contribution in [0.3, 0.4) is 0 Å². The molecule has 1 aromatic heterocycles. The molecule has 0 spiro atoms. The summed E-state index contributed by atoms with van der Waals surface area (Å²) in [5.74, 6) is -4.42. The molecule has 0 fully saturated rings. The van der Waals surface area contributed by atoms with Crippen molar-refractivity contribution in [3.8, 4) is 17.9 Å². The van der Waals surface area contributed by atoms with Crippen molar-refractivity contribution < 1.29 is 33.3 Å². The molecule has 1 aromatic carbocycles. The standard InChI is InChI=1S/C24H21N3O7/c1-4-32-23(29)18-16(12-6-8-13(31-3)9-7-12)19(24(30)33-5-2)21-17(20(18)28)14(10-25)15(11-26)22(27)34-21/h6-9,16,18,27-28H,4-5H2,1-3H3/t16-,18+/m0/s1. The summed E-state index contributed by atoms with van der Waals surface area (Å²) in [6, 6.07) is 9.90. The Balaban J connectivity index is 2.56. The van der Waals surface area contributed by atoms with Gasteiger partial charge in [-0.25, -0.2) is 4.79 Å². The number of rotatable bonds is 6. The van der Waals surface area contributed by atoms with Crippen molar-refractivity contribution in [1.82, 2.24) is 0 Å². The summed E-state index contributed by atoms with van der Waals surface area (Å²) in [5, 5.41) is 38.2. The van der Waals surface area contributed by atoms with E-state index >= 15 is 0 Å². The Morgan fingerprint density at radius 2 is 1.71 bits per heavy atom. The third-order valence-corrected chi connectivity index (χ3v) is 5.33. The number of methoxy groups -OCH3 is 1. The van der Waals surface area contributed by atoms with Gasteiger partial charge >= 0.3 is 11.9 Å². The molecule has 2 atom stereocenters. The molecule has 1 heterocycles. The first-order chi connectivity index (χ1) is 16.3. The topological polar surface area (TPSA) is 167 Å². The van der Waals surface area contributed by atoms with Gasteiger partial charge in [0.15, 0.2) is 5.42 Å². The van der Waals surface area contributed by atoms with E-state index in [1.54, 1.807) is 50.3 Å². The number of hydrogen-bond acceptors (Lipinski definition) is 10. The van der Waals surface area contributed by atoms with Crippen LogP contribution in [-0.4, -0.2) is 37.4 Å². The molecule has 2 aromatic rings. The number of aliphatic hydroxyl groups is 1. The molecular formula is C24H21N3O7. The van der Waals surface area contributed by atoms with E-state index in [4.69, 9.17) is 24.0 Å². The van der Waals surface area contributed by atoms with Crippen molar-refractivity contribution in [3.05, 3.63) is 57.1 Å². The molecule has 0 bridgehead atoms. The van der Waals surface area contributed by atoms with Gasteiger partial charge in [0.25, 0.3) is 0 Å². The lowest BCUT2D eigenvalue weighted by Gasteiger charge is -2.29. The van der Waals surface area contributed by atoms with Crippen molar-refractivity contribution in [2.24, 2.45) is 5.92 Å². The zero-order valence-electron chi connectivity index (χ0n) is 18.7. The smallest absolute Gasteiger partial charge is 0.338 e. The Bertz CT molecular complexity index is 1410. The number of fused-ring (bicyclic) bond motifs is 1. The SMILES string of the molecule is CCOC(=O)C1=c2oc(=N)c(C#N)c(C#N)c2=C(O)[C@H](C(=O)OCC)[C@@H]1c1ccc(OC)cc1. The molecule has 10 nitrogen and oxygen atoms in total. The van der Waals surface area contributed by atoms with E-state index in [2.05, 4.69) is 0 Å². The molecule has 0 aliphatic heterocycles. The van der Waals surface area contributed by atoms with Gasteiger partial charge in [0, 0.05) is 5.92 Å². The number of benzene rings is 1. The summed E-state index contributed by atoms with van der Waals surface area (Å²) in [5.41, 5.74) is -1.60. The minimum Gasteiger partial charge on any atom is -0.511 e. The van der Waals surface area contributed by atoms with Crippen LogP contribution in [0.4, 0.5) is 0 Å². The fourth-order valence-electron chi connectivity index (χ4n) is 3.91. The highest BCUT2D eigenvalue weighted by Gasteiger charge is 2.44. The monoisotopic (exact) mass is 463 g/mol. The highest BCUT2D eigenvalue weighted by Crippen LogP contribution is 2.39. The Kier molecular flexibility index (Phi) is 7.03. The average molecular weight is 463 g/mol. The van der Waals surface area contributed by atoms with Crippen LogP contribution in [-0.2, 0) is 19.1 Å². The molecule has 0 unspecified atom stereocenters. The quantitative estimate of drug-likeness (QED) is 0.591. The second kappa shape index (κ2) is 9.92. The molecule has 1 aliphatic carbocycles.